The van der Waals surface area contributed by atoms with Crippen LogP contribution in [-0.2, 0) is 0 Å². The number of nitrogens with zero attached hydrogens (tertiary/aromatic N) is 2. The molecule has 1 N–H and O–H groups in total. The lowest BCUT2D eigenvalue weighted by atomic mass is 9.94. The molecule has 4 atom stereocenters. The quantitative estimate of drug-likeness (QED) is 0.741. The molecule has 3 aliphatic heterocycles. The lowest BCUT2D eigenvalue weighted by Gasteiger charge is -2.46. The van der Waals surface area contributed by atoms with Gasteiger partial charge < -0.3 is 10.2 Å². The van der Waals surface area contributed by atoms with Gasteiger partial charge in [-0.2, -0.15) is 0 Å². The average molecular weight is 237 g/mol. The number of nitrogens with one attached hydrogen (secondary N) is 1. The molecule has 3 fully saturated rings. The Morgan fingerprint density at radius 3 is 1.94 bits per heavy atom. The van der Waals surface area contributed by atoms with Crippen molar-refractivity contribution in [3.63, 3.8) is 0 Å². The third-order valence-corrected chi connectivity index (χ3v) is 5.18. The van der Waals surface area contributed by atoms with E-state index in [2.05, 4.69) is 36.0 Å². The molecule has 3 aliphatic rings. The Balaban J connectivity index is 1.65. The van der Waals surface area contributed by atoms with Crippen LogP contribution in [0.15, 0.2) is 0 Å². The van der Waals surface area contributed by atoms with Crippen LogP contribution < -0.4 is 5.32 Å². The van der Waals surface area contributed by atoms with Gasteiger partial charge in [-0.05, 0) is 46.6 Å². The summed E-state index contributed by atoms with van der Waals surface area (Å²) in [5.41, 5.74) is 0. The van der Waals surface area contributed by atoms with Gasteiger partial charge in [0, 0.05) is 43.3 Å². The normalized spacial score (nSPS) is 48.5. The van der Waals surface area contributed by atoms with Crippen molar-refractivity contribution in [3.8, 4) is 0 Å². The third kappa shape index (κ3) is 2.25. The summed E-state index contributed by atoms with van der Waals surface area (Å²) in [6.45, 7) is 7.15. The summed E-state index contributed by atoms with van der Waals surface area (Å²) in [6.07, 6.45) is 5.70. The highest BCUT2D eigenvalue weighted by molar-refractivity contribution is 4.98. The van der Waals surface area contributed by atoms with Crippen LogP contribution >= 0.6 is 0 Å². The van der Waals surface area contributed by atoms with E-state index in [0.717, 1.165) is 18.1 Å². The van der Waals surface area contributed by atoms with Crippen LogP contribution in [0.1, 0.15) is 39.5 Å². The van der Waals surface area contributed by atoms with Crippen molar-refractivity contribution in [2.75, 3.05) is 20.1 Å². The molecule has 0 aliphatic carbocycles. The molecule has 3 rings (SSSR count). The van der Waals surface area contributed by atoms with Crippen molar-refractivity contribution in [3.05, 3.63) is 0 Å². The van der Waals surface area contributed by atoms with Crippen LogP contribution in [0.2, 0.25) is 0 Å². The number of hydrogen-bond acceptors (Lipinski definition) is 3. The zero-order valence-corrected chi connectivity index (χ0v) is 11.5. The van der Waals surface area contributed by atoms with Crippen molar-refractivity contribution in [1.29, 1.82) is 0 Å². The van der Waals surface area contributed by atoms with Crippen LogP contribution in [0, 0.1) is 0 Å². The summed E-state index contributed by atoms with van der Waals surface area (Å²) in [7, 11) is 2.33. The van der Waals surface area contributed by atoms with Crippen molar-refractivity contribution in [2.45, 2.75) is 69.7 Å². The van der Waals surface area contributed by atoms with Crippen molar-refractivity contribution in [2.24, 2.45) is 0 Å². The molecular formula is C14H27N3. The summed E-state index contributed by atoms with van der Waals surface area (Å²) in [5, 5.41) is 3.64. The van der Waals surface area contributed by atoms with Gasteiger partial charge in [-0.1, -0.05) is 0 Å². The fourth-order valence-corrected chi connectivity index (χ4v) is 4.35. The van der Waals surface area contributed by atoms with Crippen LogP contribution in [0.25, 0.3) is 0 Å². The van der Waals surface area contributed by atoms with E-state index < -0.39 is 0 Å². The first-order valence-corrected chi connectivity index (χ1v) is 7.35. The second-order valence-corrected chi connectivity index (χ2v) is 6.60. The highest BCUT2D eigenvalue weighted by Crippen LogP contribution is 2.36. The predicted octanol–water partition coefficient (Wildman–Crippen LogP) is 1.29. The van der Waals surface area contributed by atoms with Crippen LogP contribution in [0.4, 0.5) is 0 Å². The molecule has 3 heterocycles. The van der Waals surface area contributed by atoms with Crippen LogP contribution in [-0.4, -0.2) is 60.1 Å². The van der Waals surface area contributed by atoms with Crippen molar-refractivity contribution in [1.82, 2.24) is 15.1 Å². The minimum absolute atomic E-state index is 0.663. The maximum atomic E-state index is 3.64. The molecular weight excluding hydrogens is 210 g/mol. The Bertz CT molecular complexity index is 257. The van der Waals surface area contributed by atoms with Crippen molar-refractivity contribution >= 4 is 0 Å². The van der Waals surface area contributed by atoms with E-state index in [-0.39, 0.29) is 0 Å². The molecule has 0 spiro atoms. The van der Waals surface area contributed by atoms with Gasteiger partial charge in [0.1, 0.15) is 0 Å². The molecule has 0 saturated carbocycles. The predicted molar refractivity (Wildman–Crippen MR) is 71.2 cm³/mol. The summed E-state index contributed by atoms with van der Waals surface area (Å²) in [5.74, 6) is 0. The molecule has 3 heteroatoms. The zero-order valence-electron chi connectivity index (χ0n) is 11.5. The van der Waals surface area contributed by atoms with E-state index >= 15 is 0 Å². The van der Waals surface area contributed by atoms with E-state index in [9.17, 15) is 0 Å². The van der Waals surface area contributed by atoms with E-state index in [1.165, 1.54) is 38.8 Å². The molecule has 0 aromatic carbocycles. The molecule has 0 amide bonds. The maximum Gasteiger partial charge on any atom is 0.0169 e. The van der Waals surface area contributed by atoms with Gasteiger partial charge in [-0.15, -0.1) is 0 Å². The fourth-order valence-electron chi connectivity index (χ4n) is 4.35. The van der Waals surface area contributed by atoms with E-state index in [0.29, 0.717) is 12.1 Å². The number of fused-ring (bicyclic) bond motifs is 2. The van der Waals surface area contributed by atoms with Crippen LogP contribution in [0.3, 0.4) is 0 Å². The molecule has 0 radical (unpaired) electrons. The smallest absolute Gasteiger partial charge is 0.0169 e. The summed E-state index contributed by atoms with van der Waals surface area (Å²) >= 11 is 0. The number of hydrogen-bond donors (Lipinski definition) is 1. The van der Waals surface area contributed by atoms with Gasteiger partial charge in [0.2, 0.25) is 0 Å². The first-order chi connectivity index (χ1) is 8.13. The Kier molecular flexibility index (Phi) is 3.18. The lowest BCUT2D eigenvalue weighted by Crippen LogP contribution is -2.59. The highest BCUT2D eigenvalue weighted by Gasteiger charge is 2.41. The van der Waals surface area contributed by atoms with Gasteiger partial charge in [0.15, 0.2) is 0 Å². The van der Waals surface area contributed by atoms with E-state index in [1.54, 1.807) is 0 Å². The molecule has 3 nitrogen and oxygen atoms in total. The minimum atomic E-state index is 0.663. The first kappa shape index (κ1) is 11.9. The molecule has 0 aromatic heterocycles. The number of piperazine rings is 1. The topological polar surface area (TPSA) is 18.5 Å². The third-order valence-electron chi connectivity index (χ3n) is 5.18. The molecule has 0 aromatic rings. The zero-order chi connectivity index (χ0) is 12.0. The summed E-state index contributed by atoms with van der Waals surface area (Å²) in [6, 6.07) is 3.93. The number of piperidine rings is 1. The Morgan fingerprint density at radius 2 is 1.41 bits per heavy atom. The van der Waals surface area contributed by atoms with Gasteiger partial charge in [0.05, 0.1) is 0 Å². The first-order valence-electron chi connectivity index (χ1n) is 7.35. The Labute approximate surface area is 106 Å². The molecule has 17 heavy (non-hydrogen) atoms. The SMILES string of the molecule is CC1CN(C2CC3CCC(C2)N3C)CC(C)N1. The number of rotatable bonds is 1. The average Bonchev–Trinajstić information content (AvgIpc) is 2.51. The van der Waals surface area contributed by atoms with Crippen LogP contribution in [0.5, 0.6) is 0 Å². The molecule has 98 valence electrons. The van der Waals surface area contributed by atoms with Gasteiger partial charge in [-0.3, -0.25) is 4.90 Å². The van der Waals surface area contributed by atoms with Crippen molar-refractivity contribution < 1.29 is 0 Å². The lowest BCUT2D eigenvalue weighted by molar-refractivity contribution is 0.0485. The van der Waals surface area contributed by atoms with E-state index in [1.807, 2.05) is 0 Å². The molecule has 4 unspecified atom stereocenters. The second kappa shape index (κ2) is 4.52. The Hall–Kier alpha value is -0.120. The fraction of sp³-hybridized carbons (Fsp3) is 1.00. The second-order valence-electron chi connectivity index (χ2n) is 6.60. The van der Waals surface area contributed by atoms with Gasteiger partial charge in [0.25, 0.3) is 0 Å². The Morgan fingerprint density at radius 1 is 0.882 bits per heavy atom. The minimum Gasteiger partial charge on any atom is -0.309 e. The van der Waals surface area contributed by atoms with Gasteiger partial charge in [-0.25, -0.2) is 0 Å². The molecule has 3 saturated heterocycles. The molecule has 2 bridgehead atoms. The largest absolute Gasteiger partial charge is 0.309 e. The highest BCUT2D eigenvalue weighted by atomic mass is 15.3. The van der Waals surface area contributed by atoms with E-state index in [4.69, 9.17) is 0 Å². The summed E-state index contributed by atoms with van der Waals surface area (Å²) < 4.78 is 0. The standard InChI is InChI=1S/C14H27N3/c1-10-8-17(9-11(2)15-10)14-6-12-4-5-13(7-14)16(12)3/h10-15H,4-9H2,1-3H3. The maximum absolute atomic E-state index is 3.64. The monoisotopic (exact) mass is 237 g/mol. The summed E-state index contributed by atoms with van der Waals surface area (Å²) in [4.78, 5) is 5.41. The van der Waals surface area contributed by atoms with Gasteiger partial charge >= 0.3 is 0 Å².